The molecule has 2 heterocycles. The van der Waals surface area contributed by atoms with Crippen molar-refractivity contribution in [3.8, 4) is 0 Å². The number of amides is 3. The molecular weight excluding hydrogens is 339 g/mol. The summed E-state index contributed by atoms with van der Waals surface area (Å²) >= 11 is 0. The highest BCUT2D eigenvalue weighted by molar-refractivity contribution is 5.87. The Labute approximate surface area is 143 Å². The molecule has 3 amide bonds. The number of nitrogens with zero attached hydrogens (tertiary/aromatic N) is 3. The van der Waals surface area contributed by atoms with Crippen LogP contribution < -0.4 is 10.6 Å². The van der Waals surface area contributed by atoms with E-state index in [9.17, 15) is 22.8 Å². The average molecular weight is 361 g/mol. The number of carbonyl (C=O) groups is 2. The normalized spacial score (nSPS) is 18.3. The van der Waals surface area contributed by atoms with Gasteiger partial charge in [0.1, 0.15) is 12.6 Å². The minimum atomic E-state index is -4.44. The highest BCUT2D eigenvalue weighted by Gasteiger charge is 2.37. The van der Waals surface area contributed by atoms with Crippen LogP contribution in [0.25, 0.3) is 0 Å². The van der Waals surface area contributed by atoms with E-state index in [0.717, 1.165) is 10.5 Å². The van der Waals surface area contributed by atoms with E-state index in [4.69, 9.17) is 0 Å². The number of alkyl halides is 3. The van der Waals surface area contributed by atoms with Crippen LogP contribution in [0.15, 0.2) is 12.4 Å². The molecule has 1 saturated heterocycles. The first kappa shape index (κ1) is 19.1. The summed E-state index contributed by atoms with van der Waals surface area (Å²) in [6, 6.07) is -1.46. The number of piperidine rings is 1. The predicted molar refractivity (Wildman–Crippen MR) is 83.8 cm³/mol. The molecule has 2 rings (SSSR count). The summed E-state index contributed by atoms with van der Waals surface area (Å²) in [5.74, 6) is -0.689. The third-order valence-electron chi connectivity index (χ3n) is 3.82. The number of hydrogen-bond acceptors (Lipinski definition) is 3. The van der Waals surface area contributed by atoms with E-state index in [1.165, 1.54) is 0 Å². The van der Waals surface area contributed by atoms with Crippen LogP contribution in [0, 0.1) is 6.92 Å². The highest BCUT2D eigenvalue weighted by Crippen LogP contribution is 2.20. The van der Waals surface area contributed by atoms with E-state index >= 15 is 0 Å². The van der Waals surface area contributed by atoms with Gasteiger partial charge >= 0.3 is 12.2 Å². The molecule has 10 heteroatoms. The molecule has 1 aromatic heterocycles. The standard InChI is InChI=1S/C15H22F3N5O2/c1-11-8-20-23(9-11)7-3-5-19-14(25)21-12-4-2-6-22(13(12)24)10-15(16,17)18/h8-9,12H,2-7,10H2,1H3,(H2,19,21,25). The molecule has 1 aliphatic rings. The van der Waals surface area contributed by atoms with Crippen LogP contribution in [0.2, 0.25) is 0 Å². The Kier molecular flexibility index (Phi) is 6.27. The first-order valence-corrected chi connectivity index (χ1v) is 8.13. The van der Waals surface area contributed by atoms with Crippen molar-refractivity contribution < 1.29 is 22.8 Å². The average Bonchev–Trinajstić information content (AvgIpc) is 2.92. The fourth-order valence-electron chi connectivity index (χ4n) is 2.69. The van der Waals surface area contributed by atoms with Crippen molar-refractivity contribution in [2.24, 2.45) is 0 Å². The van der Waals surface area contributed by atoms with Crippen molar-refractivity contribution >= 4 is 11.9 Å². The fourth-order valence-corrected chi connectivity index (χ4v) is 2.69. The van der Waals surface area contributed by atoms with Crippen LogP contribution in [0.1, 0.15) is 24.8 Å². The molecule has 1 unspecified atom stereocenters. The van der Waals surface area contributed by atoms with Gasteiger partial charge in [-0.05, 0) is 31.7 Å². The van der Waals surface area contributed by atoms with Crippen LogP contribution in [0.4, 0.5) is 18.0 Å². The molecule has 7 nitrogen and oxygen atoms in total. The number of aryl methyl sites for hydroxylation is 2. The van der Waals surface area contributed by atoms with E-state index in [1.807, 2.05) is 13.1 Å². The molecule has 0 aromatic carbocycles. The second-order valence-electron chi connectivity index (χ2n) is 6.10. The monoisotopic (exact) mass is 361 g/mol. The van der Waals surface area contributed by atoms with Crippen molar-refractivity contribution in [3.05, 3.63) is 18.0 Å². The van der Waals surface area contributed by atoms with Crippen molar-refractivity contribution in [2.75, 3.05) is 19.6 Å². The largest absolute Gasteiger partial charge is 0.406 e. The molecule has 0 aliphatic carbocycles. The zero-order valence-electron chi connectivity index (χ0n) is 14.0. The number of carbonyl (C=O) groups excluding carboxylic acids is 2. The summed E-state index contributed by atoms with van der Waals surface area (Å²) in [6.45, 7) is 1.71. The van der Waals surface area contributed by atoms with Gasteiger partial charge in [0.25, 0.3) is 0 Å². The molecule has 1 atom stereocenters. The second kappa shape index (κ2) is 8.21. The van der Waals surface area contributed by atoms with Crippen molar-refractivity contribution in [1.82, 2.24) is 25.3 Å². The van der Waals surface area contributed by atoms with Gasteiger partial charge in [0, 0.05) is 25.8 Å². The lowest BCUT2D eigenvalue weighted by Gasteiger charge is -2.33. The number of hydrogen-bond donors (Lipinski definition) is 2. The van der Waals surface area contributed by atoms with Crippen LogP contribution in [0.3, 0.4) is 0 Å². The smallest absolute Gasteiger partial charge is 0.338 e. The van der Waals surface area contributed by atoms with Crippen LogP contribution in [0.5, 0.6) is 0 Å². The SMILES string of the molecule is Cc1cnn(CCCNC(=O)NC2CCCN(CC(F)(F)F)C2=O)c1. The van der Waals surface area contributed by atoms with Gasteiger partial charge in [0.05, 0.1) is 6.20 Å². The van der Waals surface area contributed by atoms with Crippen LogP contribution >= 0.6 is 0 Å². The van der Waals surface area contributed by atoms with Gasteiger partial charge in [-0.15, -0.1) is 0 Å². The summed E-state index contributed by atoms with van der Waals surface area (Å²) < 4.78 is 39.1. The first-order valence-electron chi connectivity index (χ1n) is 8.13. The van der Waals surface area contributed by atoms with Crippen molar-refractivity contribution in [3.63, 3.8) is 0 Å². The third kappa shape index (κ3) is 6.28. The first-order chi connectivity index (χ1) is 11.7. The van der Waals surface area contributed by atoms with Crippen LogP contribution in [-0.4, -0.2) is 58.5 Å². The lowest BCUT2D eigenvalue weighted by molar-refractivity contribution is -0.164. The Morgan fingerprint density at radius 2 is 2.20 bits per heavy atom. The zero-order chi connectivity index (χ0) is 18.4. The van der Waals surface area contributed by atoms with Gasteiger partial charge in [0.15, 0.2) is 0 Å². The quantitative estimate of drug-likeness (QED) is 0.753. The number of nitrogens with one attached hydrogen (secondary N) is 2. The lowest BCUT2D eigenvalue weighted by atomic mass is 10.0. The summed E-state index contributed by atoms with van der Waals surface area (Å²) in [5.41, 5.74) is 1.05. The van der Waals surface area contributed by atoms with Gasteiger partial charge in [-0.2, -0.15) is 18.3 Å². The lowest BCUT2D eigenvalue weighted by Crippen LogP contribution is -2.55. The molecule has 0 radical (unpaired) electrons. The fraction of sp³-hybridized carbons (Fsp3) is 0.667. The highest BCUT2D eigenvalue weighted by atomic mass is 19.4. The number of likely N-dealkylation sites (tertiary alicyclic amines) is 1. The molecule has 140 valence electrons. The molecular formula is C15H22F3N5O2. The summed E-state index contributed by atoms with van der Waals surface area (Å²) in [4.78, 5) is 24.6. The maximum atomic E-state index is 12.4. The predicted octanol–water partition coefficient (Wildman–Crippen LogP) is 1.43. The van der Waals surface area contributed by atoms with Crippen molar-refractivity contribution in [2.45, 2.75) is 44.9 Å². The topological polar surface area (TPSA) is 79.3 Å². The molecule has 25 heavy (non-hydrogen) atoms. The maximum absolute atomic E-state index is 12.4. The van der Waals surface area contributed by atoms with Gasteiger partial charge in [-0.1, -0.05) is 0 Å². The van der Waals surface area contributed by atoms with Crippen LogP contribution in [-0.2, 0) is 11.3 Å². The number of urea groups is 1. The maximum Gasteiger partial charge on any atom is 0.406 e. The Morgan fingerprint density at radius 3 is 2.84 bits per heavy atom. The minimum absolute atomic E-state index is 0.0570. The molecule has 0 bridgehead atoms. The second-order valence-corrected chi connectivity index (χ2v) is 6.10. The number of halogens is 3. The van der Waals surface area contributed by atoms with E-state index in [1.54, 1.807) is 10.9 Å². The minimum Gasteiger partial charge on any atom is -0.338 e. The zero-order valence-corrected chi connectivity index (χ0v) is 14.0. The van der Waals surface area contributed by atoms with Gasteiger partial charge < -0.3 is 15.5 Å². The van der Waals surface area contributed by atoms with Gasteiger partial charge in [-0.3, -0.25) is 9.48 Å². The van der Waals surface area contributed by atoms with Gasteiger partial charge in [0.2, 0.25) is 5.91 Å². The number of rotatable bonds is 6. The van der Waals surface area contributed by atoms with E-state index in [0.29, 0.717) is 32.4 Å². The molecule has 1 aromatic rings. The molecule has 1 fully saturated rings. The van der Waals surface area contributed by atoms with E-state index in [2.05, 4.69) is 15.7 Å². The molecule has 2 N–H and O–H groups in total. The number of aromatic nitrogens is 2. The molecule has 1 aliphatic heterocycles. The van der Waals surface area contributed by atoms with E-state index in [-0.39, 0.29) is 6.54 Å². The van der Waals surface area contributed by atoms with Gasteiger partial charge in [-0.25, -0.2) is 4.79 Å². The summed E-state index contributed by atoms with van der Waals surface area (Å²) in [6.07, 6.45) is 0.591. The Balaban J connectivity index is 1.71. The molecule has 0 saturated carbocycles. The summed E-state index contributed by atoms with van der Waals surface area (Å²) in [5, 5.41) is 9.18. The Morgan fingerprint density at radius 1 is 1.44 bits per heavy atom. The third-order valence-corrected chi connectivity index (χ3v) is 3.82. The molecule has 0 spiro atoms. The Hall–Kier alpha value is -2.26. The Bertz CT molecular complexity index is 602. The van der Waals surface area contributed by atoms with Crippen molar-refractivity contribution in [1.29, 1.82) is 0 Å². The van der Waals surface area contributed by atoms with E-state index < -0.39 is 30.7 Å². The summed E-state index contributed by atoms with van der Waals surface area (Å²) in [7, 11) is 0.